The molecule has 3 rings (SSSR count). The molecule has 0 amide bonds. The molecule has 0 aliphatic carbocycles. The fourth-order valence-electron chi connectivity index (χ4n) is 2.87. The third kappa shape index (κ3) is 3.48. The maximum atomic E-state index is 5.99. The van der Waals surface area contributed by atoms with Crippen molar-refractivity contribution >= 4 is 0 Å². The lowest BCUT2D eigenvalue weighted by Crippen LogP contribution is -2.34. The SMILES string of the molecule is Cn1nccc1[C@@H]1OCCC[C@H]1CNCCn1cncn1. The lowest BCUT2D eigenvalue weighted by Gasteiger charge is -2.32. The molecular formula is C14H22N6O. The fourth-order valence-corrected chi connectivity index (χ4v) is 2.87. The van der Waals surface area contributed by atoms with Gasteiger partial charge in [-0.3, -0.25) is 9.36 Å². The standard InChI is InChI=1S/C14H22N6O/c1-19-13(4-5-17-19)14-12(3-2-8-21-14)9-15-6-7-20-11-16-10-18-20/h4-5,10-12,14-15H,2-3,6-9H2,1H3/t12-,14+/m0/s1. The van der Waals surface area contributed by atoms with Gasteiger partial charge in [-0.15, -0.1) is 0 Å². The average molecular weight is 290 g/mol. The quantitative estimate of drug-likeness (QED) is 0.796. The second-order valence-corrected chi connectivity index (χ2v) is 5.44. The molecule has 7 nitrogen and oxygen atoms in total. The van der Waals surface area contributed by atoms with Crippen molar-refractivity contribution in [3.05, 3.63) is 30.6 Å². The fraction of sp³-hybridized carbons (Fsp3) is 0.643. The van der Waals surface area contributed by atoms with Crippen molar-refractivity contribution in [2.45, 2.75) is 25.5 Å². The van der Waals surface area contributed by atoms with Crippen molar-refractivity contribution in [3.63, 3.8) is 0 Å². The number of aryl methyl sites for hydroxylation is 1. The van der Waals surface area contributed by atoms with Gasteiger partial charge in [-0.1, -0.05) is 0 Å². The third-order valence-corrected chi connectivity index (χ3v) is 3.99. The van der Waals surface area contributed by atoms with Gasteiger partial charge < -0.3 is 10.1 Å². The molecule has 0 spiro atoms. The van der Waals surface area contributed by atoms with E-state index in [1.54, 1.807) is 12.7 Å². The van der Waals surface area contributed by atoms with Gasteiger partial charge in [-0.05, 0) is 18.9 Å². The molecule has 1 aliphatic heterocycles. The van der Waals surface area contributed by atoms with E-state index in [1.807, 2.05) is 22.6 Å². The van der Waals surface area contributed by atoms with Crippen LogP contribution in [-0.4, -0.2) is 44.2 Å². The van der Waals surface area contributed by atoms with Gasteiger partial charge in [0.1, 0.15) is 18.8 Å². The molecule has 0 aromatic carbocycles. The van der Waals surface area contributed by atoms with Crippen LogP contribution in [0.3, 0.4) is 0 Å². The summed E-state index contributed by atoms with van der Waals surface area (Å²) in [5.74, 6) is 0.491. The summed E-state index contributed by atoms with van der Waals surface area (Å²) in [6, 6.07) is 2.05. The largest absolute Gasteiger partial charge is 0.372 e. The second-order valence-electron chi connectivity index (χ2n) is 5.44. The summed E-state index contributed by atoms with van der Waals surface area (Å²) in [7, 11) is 1.97. The van der Waals surface area contributed by atoms with Gasteiger partial charge in [0.25, 0.3) is 0 Å². The van der Waals surface area contributed by atoms with Crippen molar-refractivity contribution in [2.24, 2.45) is 13.0 Å². The summed E-state index contributed by atoms with van der Waals surface area (Å²) in [6.45, 7) is 3.51. The number of hydrogen-bond acceptors (Lipinski definition) is 5. The van der Waals surface area contributed by atoms with Crippen LogP contribution < -0.4 is 5.32 Å². The minimum absolute atomic E-state index is 0.144. The van der Waals surface area contributed by atoms with E-state index in [2.05, 4.69) is 26.6 Å². The predicted octanol–water partition coefficient (Wildman–Crippen LogP) is 0.769. The number of ether oxygens (including phenoxy) is 1. The van der Waals surface area contributed by atoms with E-state index in [-0.39, 0.29) is 6.10 Å². The summed E-state index contributed by atoms with van der Waals surface area (Å²) in [5, 5.41) is 11.9. The smallest absolute Gasteiger partial charge is 0.137 e. The van der Waals surface area contributed by atoms with E-state index in [0.717, 1.165) is 38.4 Å². The topological polar surface area (TPSA) is 69.8 Å². The normalized spacial score (nSPS) is 22.5. The Hall–Kier alpha value is -1.73. The first-order valence-electron chi connectivity index (χ1n) is 7.47. The van der Waals surface area contributed by atoms with Crippen LogP contribution in [0.2, 0.25) is 0 Å². The van der Waals surface area contributed by atoms with E-state index in [0.29, 0.717) is 5.92 Å². The Labute approximate surface area is 124 Å². The molecule has 1 N–H and O–H groups in total. The minimum Gasteiger partial charge on any atom is -0.372 e. The van der Waals surface area contributed by atoms with Gasteiger partial charge in [0, 0.05) is 38.9 Å². The van der Waals surface area contributed by atoms with Gasteiger partial charge in [-0.2, -0.15) is 10.2 Å². The number of nitrogens with zero attached hydrogens (tertiary/aromatic N) is 5. The zero-order chi connectivity index (χ0) is 14.5. The second kappa shape index (κ2) is 6.82. The Morgan fingerprint density at radius 2 is 2.38 bits per heavy atom. The Balaban J connectivity index is 1.51. The van der Waals surface area contributed by atoms with E-state index in [1.165, 1.54) is 6.42 Å². The van der Waals surface area contributed by atoms with Crippen molar-refractivity contribution in [1.82, 2.24) is 29.9 Å². The number of rotatable bonds is 6. The van der Waals surface area contributed by atoms with Gasteiger partial charge in [0.15, 0.2) is 0 Å². The van der Waals surface area contributed by atoms with Crippen LogP contribution in [-0.2, 0) is 18.3 Å². The van der Waals surface area contributed by atoms with Crippen molar-refractivity contribution in [2.75, 3.05) is 19.7 Å². The van der Waals surface area contributed by atoms with Crippen LogP contribution in [0.25, 0.3) is 0 Å². The van der Waals surface area contributed by atoms with Gasteiger partial charge in [-0.25, -0.2) is 4.98 Å². The molecule has 7 heteroatoms. The van der Waals surface area contributed by atoms with Crippen LogP contribution >= 0.6 is 0 Å². The van der Waals surface area contributed by atoms with Crippen LogP contribution in [0.1, 0.15) is 24.6 Å². The van der Waals surface area contributed by atoms with Crippen LogP contribution in [0.15, 0.2) is 24.9 Å². The highest BCUT2D eigenvalue weighted by Gasteiger charge is 2.29. The Morgan fingerprint density at radius 1 is 1.43 bits per heavy atom. The molecule has 3 heterocycles. The molecular weight excluding hydrogens is 268 g/mol. The Kier molecular flexibility index (Phi) is 4.62. The molecule has 0 saturated carbocycles. The highest BCUT2D eigenvalue weighted by molar-refractivity contribution is 5.07. The Bertz CT molecular complexity index is 537. The summed E-state index contributed by atoms with van der Waals surface area (Å²) < 4.78 is 9.74. The Morgan fingerprint density at radius 3 is 3.14 bits per heavy atom. The number of aromatic nitrogens is 5. The highest BCUT2D eigenvalue weighted by Crippen LogP contribution is 2.32. The molecule has 0 unspecified atom stereocenters. The molecule has 21 heavy (non-hydrogen) atoms. The highest BCUT2D eigenvalue weighted by atomic mass is 16.5. The summed E-state index contributed by atoms with van der Waals surface area (Å²) in [4.78, 5) is 3.94. The van der Waals surface area contributed by atoms with E-state index in [4.69, 9.17) is 4.74 Å². The molecule has 114 valence electrons. The lowest BCUT2D eigenvalue weighted by atomic mass is 9.92. The first-order chi connectivity index (χ1) is 10.3. The third-order valence-electron chi connectivity index (χ3n) is 3.99. The zero-order valence-electron chi connectivity index (χ0n) is 12.4. The first-order valence-corrected chi connectivity index (χ1v) is 7.47. The number of nitrogens with one attached hydrogen (secondary N) is 1. The lowest BCUT2D eigenvalue weighted by molar-refractivity contribution is -0.0322. The first kappa shape index (κ1) is 14.2. The van der Waals surface area contributed by atoms with Crippen LogP contribution in [0, 0.1) is 5.92 Å². The summed E-state index contributed by atoms with van der Waals surface area (Å²) in [5.41, 5.74) is 1.16. The molecule has 0 radical (unpaired) electrons. The average Bonchev–Trinajstić information content (AvgIpc) is 3.15. The van der Waals surface area contributed by atoms with Crippen molar-refractivity contribution in [1.29, 1.82) is 0 Å². The molecule has 0 bridgehead atoms. The molecule has 2 aromatic heterocycles. The molecule has 2 atom stereocenters. The summed E-state index contributed by atoms with van der Waals surface area (Å²) in [6.07, 6.45) is 7.60. The monoisotopic (exact) mass is 290 g/mol. The van der Waals surface area contributed by atoms with Gasteiger partial charge in [0.05, 0.1) is 12.2 Å². The maximum Gasteiger partial charge on any atom is 0.137 e. The predicted molar refractivity (Wildman–Crippen MR) is 77.5 cm³/mol. The van der Waals surface area contributed by atoms with Gasteiger partial charge in [0.2, 0.25) is 0 Å². The molecule has 2 aromatic rings. The van der Waals surface area contributed by atoms with Gasteiger partial charge >= 0.3 is 0 Å². The molecule has 1 aliphatic rings. The van der Waals surface area contributed by atoms with Crippen LogP contribution in [0.5, 0.6) is 0 Å². The van der Waals surface area contributed by atoms with Crippen molar-refractivity contribution in [3.8, 4) is 0 Å². The molecule has 1 fully saturated rings. The zero-order valence-corrected chi connectivity index (χ0v) is 12.4. The number of hydrogen-bond donors (Lipinski definition) is 1. The maximum absolute atomic E-state index is 5.99. The summed E-state index contributed by atoms with van der Waals surface area (Å²) >= 11 is 0. The van der Waals surface area contributed by atoms with Crippen LogP contribution in [0.4, 0.5) is 0 Å². The van der Waals surface area contributed by atoms with Crippen molar-refractivity contribution < 1.29 is 4.74 Å². The minimum atomic E-state index is 0.144. The van der Waals surface area contributed by atoms with E-state index in [9.17, 15) is 0 Å². The van der Waals surface area contributed by atoms with E-state index < -0.39 is 0 Å². The van der Waals surface area contributed by atoms with E-state index >= 15 is 0 Å². The molecule has 1 saturated heterocycles.